The number of imidazole rings is 1. The van der Waals surface area contributed by atoms with Gasteiger partial charge in [-0.2, -0.15) is 0 Å². The SMILES string of the molecule is c1ccc(-c2nc3cccc4c5cc(-n6c7ccccc7c7c8ccccc8c8c(c9ccccc9n8-c8ccccc8)c76)ccc5c2n34)cc1. The zero-order valence-electron chi connectivity index (χ0n) is 27.5. The van der Waals surface area contributed by atoms with Gasteiger partial charge in [-0.25, -0.2) is 4.98 Å². The Kier molecular flexibility index (Phi) is 5.20. The summed E-state index contributed by atoms with van der Waals surface area (Å²) in [6.07, 6.45) is 0. The van der Waals surface area contributed by atoms with E-state index in [1.807, 2.05) is 0 Å². The smallest absolute Gasteiger partial charge is 0.138 e. The van der Waals surface area contributed by atoms with Gasteiger partial charge < -0.3 is 9.13 Å². The second kappa shape index (κ2) is 9.84. The van der Waals surface area contributed by atoms with Gasteiger partial charge in [-0.1, -0.05) is 121 Å². The zero-order chi connectivity index (χ0) is 33.2. The van der Waals surface area contributed by atoms with Crippen molar-refractivity contribution in [3.63, 3.8) is 0 Å². The molecule has 0 N–H and O–H groups in total. The molecule has 0 aliphatic heterocycles. The highest BCUT2D eigenvalue weighted by atomic mass is 15.0. The Morgan fingerprint density at radius 3 is 1.71 bits per heavy atom. The summed E-state index contributed by atoms with van der Waals surface area (Å²) in [5.41, 5.74) is 12.6. The number of aromatic nitrogens is 4. The van der Waals surface area contributed by atoms with E-state index in [2.05, 4.69) is 183 Å². The highest BCUT2D eigenvalue weighted by molar-refractivity contribution is 6.36. The molecule has 5 aromatic heterocycles. The summed E-state index contributed by atoms with van der Waals surface area (Å²) < 4.78 is 7.32. The predicted molar refractivity (Wildman–Crippen MR) is 213 cm³/mol. The Labute approximate surface area is 292 Å². The quantitative estimate of drug-likeness (QED) is 0.187. The standard InChI is InChI=1S/C47H28N4/c1-3-14-29(15-4-1)44-46-34-27-26-31(28-37(34)40-24-13-25-41(48-44)51(40)46)50-38-22-11-9-20-35(38)42-32-18-7-8-19-33(32)45-43(47(42)50)36-21-10-12-23-39(36)49(45)30-16-5-2-6-17-30/h1-28H. The summed E-state index contributed by atoms with van der Waals surface area (Å²) in [6, 6.07) is 61.6. The fourth-order valence-corrected chi connectivity index (χ4v) is 8.94. The van der Waals surface area contributed by atoms with Crippen LogP contribution in [0.3, 0.4) is 0 Å². The minimum absolute atomic E-state index is 0.970. The third-order valence-electron chi connectivity index (χ3n) is 10.9. The van der Waals surface area contributed by atoms with Crippen LogP contribution < -0.4 is 0 Å². The van der Waals surface area contributed by atoms with E-state index in [1.54, 1.807) is 0 Å². The van der Waals surface area contributed by atoms with Crippen LogP contribution in [0.2, 0.25) is 0 Å². The van der Waals surface area contributed by atoms with E-state index < -0.39 is 0 Å². The maximum absolute atomic E-state index is 5.12. The molecule has 0 unspecified atom stereocenters. The molecule has 4 nitrogen and oxygen atoms in total. The number of hydrogen-bond donors (Lipinski definition) is 0. The number of hydrogen-bond acceptors (Lipinski definition) is 1. The minimum atomic E-state index is 0.970. The number of rotatable bonds is 3. The molecule has 0 bridgehead atoms. The van der Waals surface area contributed by atoms with E-state index in [0.29, 0.717) is 0 Å². The van der Waals surface area contributed by atoms with Crippen molar-refractivity contribution in [2.45, 2.75) is 0 Å². The first-order valence-electron chi connectivity index (χ1n) is 17.5. The first kappa shape index (κ1) is 27.0. The molecule has 0 saturated carbocycles. The molecule has 0 amide bonds. The second-order valence-electron chi connectivity index (χ2n) is 13.5. The van der Waals surface area contributed by atoms with Gasteiger partial charge in [0.2, 0.25) is 0 Å². The van der Waals surface area contributed by atoms with E-state index in [9.17, 15) is 0 Å². The Morgan fingerprint density at radius 2 is 0.941 bits per heavy atom. The average molecular weight is 649 g/mol. The monoisotopic (exact) mass is 648 g/mol. The van der Waals surface area contributed by atoms with Crippen LogP contribution in [0.4, 0.5) is 0 Å². The lowest BCUT2D eigenvalue weighted by Crippen LogP contribution is -1.96. The van der Waals surface area contributed by atoms with Gasteiger partial charge in [0, 0.05) is 54.6 Å². The van der Waals surface area contributed by atoms with Crippen LogP contribution in [0.25, 0.3) is 104 Å². The van der Waals surface area contributed by atoms with Crippen molar-refractivity contribution >= 4 is 81.8 Å². The van der Waals surface area contributed by atoms with E-state index in [-0.39, 0.29) is 0 Å². The van der Waals surface area contributed by atoms with Crippen molar-refractivity contribution in [1.29, 1.82) is 0 Å². The molecule has 12 rings (SSSR count). The third kappa shape index (κ3) is 3.46. The fraction of sp³-hybridized carbons (Fsp3) is 0. The van der Waals surface area contributed by atoms with Crippen LogP contribution in [0.1, 0.15) is 0 Å². The van der Waals surface area contributed by atoms with E-state index in [1.165, 1.54) is 70.7 Å². The Balaban J connectivity index is 1.28. The van der Waals surface area contributed by atoms with Gasteiger partial charge in [0.25, 0.3) is 0 Å². The van der Waals surface area contributed by atoms with Crippen LogP contribution in [0.15, 0.2) is 170 Å². The van der Waals surface area contributed by atoms with Crippen molar-refractivity contribution in [3.8, 4) is 22.6 Å². The van der Waals surface area contributed by atoms with Crippen molar-refractivity contribution in [2.75, 3.05) is 0 Å². The molecule has 0 radical (unpaired) electrons. The number of benzene rings is 7. The molecule has 5 heterocycles. The molecular formula is C47H28N4. The number of fused-ring (bicyclic) bond motifs is 13. The zero-order valence-corrected chi connectivity index (χ0v) is 27.5. The molecule has 12 aromatic rings. The summed E-state index contributed by atoms with van der Waals surface area (Å²) in [5.74, 6) is 0. The predicted octanol–water partition coefficient (Wildman–Crippen LogP) is 12.1. The summed E-state index contributed by atoms with van der Waals surface area (Å²) >= 11 is 0. The fourth-order valence-electron chi connectivity index (χ4n) is 8.94. The Hall–Kier alpha value is -6.91. The molecule has 4 heteroatoms. The van der Waals surface area contributed by atoms with Crippen LogP contribution in [-0.4, -0.2) is 18.5 Å². The lowest BCUT2D eigenvalue weighted by molar-refractivity contribution is 1.18. The van der Waals surface area contributed by atoms with Gasteiger partial charge in [-0.05, 0) is 53.9 Å². The van der Waals surface area contributed by atoms with Crippen LogP contribution in [0.5, 0.6) is 0 Å². The van der Waals surface area contributed by atoms with Gasteiger partial charge in [-0.15, -0.1) is 0 Å². The summed E-state index contributed by atoms with van der Waals surface area (Å²) in [5, 5.41) is 10.0. The van der Waals surface area contributed by atoms with Crippen molar-refractivity contribution in [3.05, 3.63) is 170 Å². The van der Waals surface area contributed by atoms with Crippen molar-refractivity contribution in [2.24, 2.45) is 0 Å². The van der Waals surface area contributed by atoms with Gasteiger partial charge in [0.1, 0.15) is 5.65 Å². The first-order valence-corrected chi connectivity index (χ1v) is 17.5. The number of nitrogens with zero attached hydrogens (tertiary/aromatic N) is 4. The molecule has 0 aliphatic carbocycles. The van der Waals surface area contributed by atoms with Gasteiger partial charge >= 0.3 is 0 Å². The third-order valence-corrected chi connectivity index (χ3v) is 10.9. The molecule has 0 atom stereocenters. The molecule has 0 spiro atoms. The number of pyridine rings is 1. The van der Waals surface area contributed by atoms with Gasteiger partial charge in [-0.3, -0.25) is 4.40 Å². The summed E-state index contributed by atoms with van der Waals surface area (Å²) in [7, 11) is 0. The van der Waals surface area contributed by atoms with Crippen molar-refractivity contribution < 1.29 is 0 Å². The topological polar surface area (TPSA) is 27.2 Å². The highest BCUT2D eigenvalue weighted by Gasteiger charge is 2.25. The van der Waals surface area contributed by atoms with Gasteiger partial charge in [0.15, 0.2) is 0 Å². The molecule has 0 fully saturated rings. The van der Waals surface area contributed by atoms with Crippen LogP contribution in [0, 0.1) is 0 Å². The lowest BCUT2D eigenvalue weighted by atomic mass is 9.99. The van der Waals surface area contributed by atoms with E-state index >= 15 is 0 Å². The first-order chi connectivity index (χ1) is 25.3. The van der Waals surface area contributed by atoms with Crippen LogP contribution in [-0.2, 0) is 0 Å². The molecule has 236 valence electrons. The number of para-hydroxylation sites is 3. The Bertz CT molecular complexity index is 3340. The van der Waals surface area contributed by atoms with Crippen LogP contribution >= 0.6 is 0 Å². The lowest BCUT2D eigenvalue weighted by Gasteiger charge is -2.13. The van der Waals surface area contributed by atoms with E-state index in [0.717, 1.165) is 33.8 Å². The minimum Gasteiger partial charge on any atom is -0.309 e. The van der Waals surface area contributed by atoms with Crippen molar-refractivity contribution in [1.82, 2.24) is 18.5 Å². The molecule has 0 saturated heterocycles. The summed E-state index contributed by atoms with van der Waals surface area (Å²) in [4.78, 5) is 5.12. The van der Waals surface area contributed by atoms with E-state index in [4.69, 9.17) is 4.98 Å². The maximum Gasteiger partial charge on any atom is 0.138 e. The molecule has 0 aliphatic rings. The second-order valence-corrected chi connectivity index (χ2v) is 13.5. The largest absolute Gasteiger partial charge is 0.309 e. The normalized spacial score (nSPS) is 12.3. The molecule has 7 aromatic carbocycles. The highest BCUT2D eigenvalue weighted by Crippen LogP contribution is 2.47. The summed E-state index contributed by atoms with van der Waals surface area (Å²) in [6.45, 7) is 0. The molecular weight excluding hydrogens is 621 g/mol. The maximum atomic E-state index is 5.12. The molecule has 51 heavy (non-hydrogen) atoms. The average Bonchev–Trinajstić information content (AvgIpc) is 3.94. The van der Waals surface area contributed by atoms with Gasteiger partial charge in [0.05, 0.1) is 38.8 Å². The Morgan fingerprint density at radius 1 is 0.353 bits per heavy atom.